The van der Waals surface area contributed by atoms with E-state index in [1.807, 2.05) is 0 Å². The first-order chi connectivity index (χ1) is 9.06. The number of H-pyrrole nitrogens is 1. The van der Waals surface area contributed by atoms with E-state index in [9.17, 15) is 9.59 Å². The summed E-state index contributed by atoms with van der Waals surface area (Å²) in [4.78, 5) is 30.2. The molecule has 6 nitrogen and oxygen atoms in total. The van der Waals surface area contributed by atoms with Gasteiger partial charge in [0.15, 0.2) is 0 Å². The van der Waals surface area contributed by atoms with Gasteiger partial charge in [-0.25, -0.2) is 4.98 Å². The van der Waals surface area contributed by atoms with Crippen LogP contribution in [0.3, 0.4) is 0 Å². The Labute approximate surface area is 117 Å². The van der Waals surface area contributed by atoms with E-state index in [1.165, 1.54) is 0 Å². The molecule has 7 heteroatoms. The molecule has 0 atom stereocenters. The number of aromatic amines is 1. The van der Waals surface area contributed by atoms with Crippen molar-refractivity contribution in [3.05, 3.63) is 52.0 Å². The van der Waals surface area contributed by atoms with E-state index in [1.54, 1.807) is 37.4 Å². The molecule has 2 aromatic rings. The van der Waals surface area contributed by atoms with Gasteiger partial charge in [0, 0.05) is 16.4 Å². The lowest BCUT2D eigenvalue weighted by atomic mass is 10.3. The van der Waals surface area contributed by atoms with E-state index >= 15 is 0 Å². The van der Waals surface area contributed by atoms with Crippen LogP contribution < -0.4 is 10.9 Å². The predicted molar refractivity (Wildman–Crippen MR) is 72.4 cm³/mol. The van der Waals surface area contributed by atoms with Crippen LogP contribution >= 0.6 is 15.9 Å². The number of pyridine rings is 1. The molecule has 0 spiro atoms. The van der Waals surface area contributed by atoms with Crippen molar-refractivity contribution < 1.29 is 9.59 Å². The molecule has 0 saturated heterocycles. The first-order valence-electron chi connectivity index (χ1n) is 5.44. The van der Waals surface area contributed by atoms with Crippen LogP contribution in [0.4, 0.5) is 0 Å². The zero-order valence-electron chi connectivity index (χ0n) is 10.0. The fraction of sp³-hybridized carbons (Fsp3) is 0.0833. The summed E-state index contributed by atoms with van der Waals surface area (Å²) >= 11 is 3.22. The van der Waals surface area contributed by atoms with Gasteiger partial charge in [-0.15, -0.1) is 0 Å². The minimum absolute atomic E-state index is 0.243. The number of rotatable bonds is 2. The van der Waals surface area contributed by atoms with Gasteiger partial charge in [-0.1, -0.05) is 6.07 Å². The Morgan fingerprint density at radius 3 is 2.63 bits per heavy atom. The number of halogens is 1. The molecule has 3 N–H and O–H groups in total. The Bertz CT molecular complexity index is 624. The number of hydrazine groups is 1. The molecule has 0 radical (unpaired) electrons. The molecule has 0 fully saturated rings. The Kier molecular flexibility index (Phi) is 3.96. The normalized spacial score (nSPS) is 10.0. The Morgan fingerprint density at radius 2 is 2.00 bits per heavy atom. The minimum atomic E-state index is -0.470. The first kappa shape index (κ1) is 13.3. The summed E-state index contributed by atoms with van der Waals surface area (Å²) in [6, 6.07) is 6.68. The lowest BCUT2D eigenvalue weighted by Gasteiger charge is -2.06. The molecule has 2 amide bonds. The highest BCUT2D eigenvalue weighted by molar-refractivity contribution is 9.10. The van der Waals surface area contributed by atoms with Gasteiger partial charge in [0.1, 0.15) is 11.4 Å². The van der Waals surface area contributed by atoms with Crippen LogP contribution in [0.25, 0.3) is 0 Å². The molecule has 0 aliphatic rings. The number of hydrogen-bond acceptors (Lipinski definition) is 3. The minimum Gasteiger partial charge on any atom is -0.356 e. The molecule has 2 heterocycles. The number of aryl methyl sites for hydroxylation is 1. The standard InChI is InChI=1S/C12H11BrN4O2/c1-7-3-2-4-9(15-7)11(18)16-17-12(19)10-5-8(13)6-14-10/h2-6,14H,1H3,(H,16,18)(H,17,19). The second-order valence-electron chi connectivity index (χ2n) is 3.80. The van der Waals surface area contributed by atoms with E-state index < -0.39 is 11.8 Å². The van der Waals surface area contributed by atoms with E-state index in [4.69, 9.17) is 0 Å². The largest absolute Gasteiger partial charge is 0.356 e. The third kappa shape index (κ3) is 3.41. The SMILES string of the molecule is Cc1cccc(C(=O)NNC(=O)c2cc(Br)c[nH]2)n1. The summed E-state index contributed by atoms with van der Waals surface area (Å²) in [5, 5.41) is 0. The molecule has 19 heavy (non-hydrogen) atoms. The summed E-state index contributed by atoms with van der Waals surface area (Å²) in [5.41, 5.74) is 5.91. The highest BCUT2D eigenvalue weighted by Crippen LogP contribution is 2.09. The van der Waals surface area contributed by atoms with Crippen molar-refractivity contribution in [3.63, 3.8) is 0 Å². The lowest BCUT2D eigenvalue weighted by molar-refractivity contribution is 0.0841. The molecule has 2 aromatic heterocycles. The lowest BCUT2D eigenvalue weighted by Crippen LogP contribution is -2.42. The van der Waals surface area contributed by atoms with Gasteiger partial charge >= 0.3 is 0 Å². The zero-order chi connectivity index (χ0) is 13.8. The van der Waals surface area contributed by atoms with Crippen molar-refractivity contribution in [1.29, 1.82) is 0 Å². The van der Waals surface area contributed by atoms with Crippen molar-refractivity contribution in [1.82, 2.24) is 20.8 Å². The quantitative estimate of drug-likeness (QED) is 0.733. The van der Waals surface area contributed by atoms with Gasteiger partial charge in [0.05, 0.1) is 0 Å². The number of aromatic nitrogens is 2. The summed E-state index contributed by atoms with van der Waals surface area (Å²) in [5.74, 6) is -0.908. The highest BCUT2D eigenvalue weighted by atomic mass is 79.9. The summed E-state index contributed by atoms with van der Waals surface area (Å²) < 4.78 is 0.754. The Hall–Kier alpha value is -2.15. The topological polar surface area (TPSA) is 86.9 Å². The van der Waals surface area contributed by atoms with Crippen LogP contribution in [-0.2, 0) is 0 Å². The van der Waals surface area contributed by atoms with Gasteiger partial charge in [0.2, 0.25) is 0 Å². The molecule has 0 aliphatic heterocycles. The summed E-state index contributed by atoms with van der Waals surface area (Å²) in [6.07, 6.45) is 1.62. The predicted octanol–water partition coefficient (Wildman–Crippen LogP) is 1.56. The van der Waals surface area contributed by atoms with Crippen molar-refractivity contribution in [2.45, 2.75) is 6.92 Å². The maximum absolute atomic E-state index is 11.7. The second kappa shape index (κ2) is 5.66. The first-order valence-corrected chi connectivity index (χ1v) is 6.24. The molecular weight excluding hydrogens is 312 g/mol. The van der Waals surface area contributed by atoms with Crippen LogP contribution in [0.5, 0.6) is 0 Å². The van der Waals surface area contributed by atoms with Crippen molar-refractivity contribution in [3.8, 4) is 0 Å². The average molecular weight is 323 g/mol. The van der Waals surface area contributed by atoms with Gasteiger partial charge in [0.25, 0.3) is 11.8 Å². The highest BCUT2D eigenvalue weighted by Gasteiger charge is 2.11. The smallest absolute Gasteiger partial charge is 0.288 e. The molecule has 98 valence electrons. The number of nitrogens with one attached hydrogen (secondary N) is 3. The maximum Gasteiger partial charge on any atom is 0.288 e. The van der Waals surface area contributed by atoms with Crippen LogP contribution in [0.2, 0.25) is 0 Å². The van der Waals surface area contributed by atoms with E-state index in [-0.39, 0.29) is 5.69 Å². The molecule has 0 bridgehead atoms. The molecule has 2 rings (SSSR count). The van der Waals surface area contributed by atoms with Gasteiger partial charge < -0.3 is 4.98 Å². The fourth-order valence-corrected chi connectivity index (χ4v) is 1.76. The number of nitrogens with zero attached hydrogens (tertiary/aromatic N) is 1. The monoisotopic (exact) mass is 322 g/mol. The van der Waals surface area contributed by atoms with Crippen LogP contribution in [0.15, 0.2) is 34.9 Å². The third-order valence-electron chi connectivity index (χ3n) is 2.30. The Balaban J connectivity index is 1.95. The van der Waals surface area contributed by atoms with Crippen LogP contribution in [0.1, 0.15) is 26.7 Å². The van der Waals surface area contributed by atoms with Crippen molar-refractivity contribution in [2.75, 3.05) is 0 Å². The zero-order valence-corrected chi connectivity index (χ0v) is 11.6. The van der Waals surface area contributed by atoms with Crippen LogP contribution in [-0.4, -0.2) is 21.8 Å². The maximum atomic E-state index is 11.7. The summed E-state index contributed by atoms with van der Waals surface area (Å²) in [6.45, 7) is 1.78. The summed E-state index contributed by atoms with van der Waals surface area (Å²) in [7, 11) is 0. The number of carbonyl (C=O) groups is 2. The van der Waals surface area contributed by atoms with Gasteiger partial charge in [-0.2, -0.15) is 0 Å². The second-order valence-corrected chi connectivity index (χ2v) is 4.72. The molecule has 0 aliphatic carbocycles. The molecule has 0 aromatic carbocycles. The van der Waals surface area contributed by atoms with E-state index in [0.29, 0.717) is 5.69 Å². The molecule has 0 unspecified atom stereocenters. The van der Waals surface area contributed by atoms with Crippen LogP contribution in [0, 0.1) is 6.92 Å². The fourth-order valence-electron chi connectivity index (χ4n) is 1.41. The Morgan fingerprint density at radius 1 is 1.26 bits per heavy atom. The number of carbonyl (C=O) groups excluding carboxylic acids is 2. The van der Waals surface area contributed by atoms with Gasteiger partial charge in [-0.05, 0) is 41.1 Å². The van der Waals surface area contributed by atoms with Crippen molar-refractivity contribution in [2.24, 2.45) is 0 Å². The van der Waals surface area contributed by atoms with E-state index in [2.05, 4.69) is 36.7 Å². The van der Waals surface area contributed by atoms with E-state index in [0.717, 1.165) is 10.2 Å². The number of amides is 2. The van der Waals surface area contributed by atoms with Crippen molar-refractivity contribution >= 4 is 27.7 Å². The third-order valence-corrected chi connectivity index (χ3v) is 2.76. The molecule has 0 saturated carbocycles. The number of hydrogen-bond donors (Lipinski definition) is 3. The van der Waals surface area contributed by atoms with Gasteiger partial charge in [-0.3, -0.25) is 20.4 Å². The molecular formula is C12H11BrN4O2. The average Bonchev–Trinajstić information content (AvgIpc) is 2.82.